The van der Waals surface area contributed by atoms with Gasteiger partial charge in [-0.3, -0.25) is 0 Å². The Kier molecular flexibility index (Phi) is 8.15. The van der Waals surface area contributed by atoms with Gasteiger partial charge in [-0.1, -0.05) is 38.7 Å². The van der Waals surface area contributed by atoms with Crippen LogP contribution < -0.4 is 4.74 Å². The molecule has 1 saturated heterocycles. The second-order valence-corrected chi connectivity index (χ2v) is 10.6. The van der Waals surface area contributed by atoms with E-state index in [2.05, 4.69) is 6.92 Å². The third-order valence-electron chi connectivity index (χ3n) is 8.68. The molecule has 32 heavy (non-hydrogen) atoms. The van der Waals surface area contributed by atoms with Crippen LogP contribution in [0.15, 0.2) is 18.2 Å². The minimum atomic E-state index is -1.04. The second kappa shape index (κ2) is 10.9. The molecule has 4 atom stereocenters. The van der Waals surface area contributed by atoms with Gasteiger partial charge in [0.15, 0.2) is 5.79 Å². The summed E-state index contributed by atoms with van der Waals surface area (Å²) >= 11 is 0. The van der Waals surface area contributed by atoms with Gasteiger partial charge in [0.1, 0.15) is 11.6 Å². The SMILES string of the molecule is CCCC1CCC(C2CCC(c3ccc(OCC)cc3F)CC2C2(O)CCCCO2)CC1. The lowest BCUT2D eigenvalue weighted by Gasteiger charge is -2.50. The van der Waals surface area contributed by atoms with Crippen LogP contribution in [-0.4, -0.2) is 24.1 Å². The van der Waals surface area contributed by atoms with Crippen molar-refractivity contribution < 1.29 is 19.0 Å². The molecule has 1 aromatic carbocycles. The Morgan fingerprint density at radius 1 is 1.09 bits per heavy atom. The maximum atomic E-state index is 15.0. The maximum absolute atomic E-state index is 15.0. The molecule has 0 aromatic heterocycles. The minimum Gasteiger partial charge on any atom is -0.494 e. The number of ether oxygens (including phenoxy) is 2. The van der Waals surface area contributed by atoms with Crippen molar-refractivity contribution in [3.8, 4) is 5.75 Å². The van der Waals surface area contributed by atoms with Crippen LogP contribution in [0.1, 0.15) is 102 Å². The summed E-state index contributed by atoms with van der Waals surface area (Å²) < 4.78 is 26.6. The van der Waals surface area contributed by atoms with Crippen molar-refractivity contribution in [2.45, 2.75) is 103 Å². The Hall–Kier alpha value is -1.13. The highest BCUT2D eigenvalue weighted by molar-refractivity contribution is 5.31. The quantitative estimate of drug-likeness (QED) is 0.480. The van der Waals surface area contributed by atoms with E-state index in [9.17, 15) is 5.11 Å². The summed E-state index contributed by atoms with van der Waals surface area (Å²) in [5, 5.41) is 11.6. The van der Waals surface area contributed by atoms with Crippen LogP contribution in [0.3, 0.4) is 0 Å². The third kappa shape index (κ3) is 5.33. The van der Waals surface area contributed by atoms with Gasteiger partial charge < -0.3 is 14.6 Å². The summed E-state index contributed by atoms with van der Waals surface area (Å²) in [4.78, 5) is 0. The van der Waals surface area contributed by atoms with E-state index in [1.54, 1.807) is 0 Å². The molecule has 1 aliphatic heterocycles. The first kappa shape index (κ1) is 24.0. The lowest BCUT2D eigenvalue weighted by Crippen LogP contribution is -2.50. The normalized spacial score (nSPS) is 36.1. The molecule has 0 bridgehead atoms. The van der Waals surface area contributed by atoms with Gasteiger partial charge in [0.2, 0.25) is 0 Å². The van der Waals surface area contributed by atoms with E-state index in [-0.39, 0.29) is 17.7 Å². The highest BCUT2D eigenvalue weighted by Crippen LogP contribution is 2.52. The summed E-state index contributed by atoms with van der Waals surface area (Å²) in [5.74, 6) is 1.67. The van der Waals surface area contributed by atoms with Gasteiger partial charge in [-0.05, 0) is 87.2 Å². The summed E-state index contributed by atoms with van der Waals surface area (Å²) in [6, 6.07) is 5.33. The Morgan fingerprint density at radius 2 is 1.91 bits per heavy atom. The summed E-state index contributed by atoms with van der Waals surface area (Å²) in [6.07, 6.45) is 13.5. The zero-order valence-corrected chi connectivity index (χ0v) is 20.2. The van der Waals surface area contributed by atoms with Gasteiger partial charge in [-0.25, -0.2) is 4.39 Å². The lowest BCUT2D eigenvalue weighted by molar-refractivity contribution is -0.275. The van der Waals surface area contributed by atoms with Gasteiger partial charge in [0, 0.05) is 18.4 Å². The molecule has 1 aromatic rings. The molecule has 2 aliphatic carbocycles. The van der Waals surface area contributed by atoms with Crippen LogP contribution in [0.2, 0.25) is 0 Å². The predicted octanol–water partition coefficient (Wildman–Crippen LogP) is 7.22. The van der Waals surface area contributed by atoms with Gasteiger partial charge in [-0.15, -0.1) is 0 Å². The minimum absolute atomic E-state index is 0.0974. The van der Waals surface area contributed by atoms with Crippen molar-refractivity contribution in [2.75, 3.05) is 13.2 Å². The van der Waals surface area contributed by atoms with Gasteiger partial charge in [0.25, 0.3) is 0 Å². The Labute approximate surface area is 194 Å². The largest absolute Gasteiger partial charge is 0.494 e. The van der Waals surface area contributed by atoms with Crippen molar-refractivity contribution in [2.24, 2.45) is 23.7 Å². The molecule has 4 rings (SSSR count). The first-order chi connectivity index (χ1) is 15.5. The van der Waals surface area contributed by atoms with Gasteiger partial charge in [0.05, 0.1) is 13.2 Å². The molecule has 0 radical (unpaired) electrons. The average molecular weight is 447 g/mol. The molecular formula is C28H43FO3. The molecule has 3 aliphatic rings. The van der Waals surface area contributed by atoms with Crippen molar-refractivity contribution >= 4 is 0 Å². The van der Waals surface area contributed by atoms with Gasteiger partial charge >= 0.3 is 0 Å². The molecule has 180 valence electrons. The van der Waals surface area contributed by atoms with Crippen LogP contribution in [0.5, 0.6) is 5.75 Å². The third-order valence-corrected chi connectivity index (χ3v) is 8.68. The molecule has 3 fully saturated rings. The lowest BCUT2D eigenvalue weighted by atomic mass is 9.60. The first-order valence-electron chi connectivity index (χ1n) is 13.3. The highest BCUT2D eigenvalue weighted by atomic mass is 19.1. The Bertz CT molecular complexity index is 721. The monoisotopic (exact) mass is 446 g/mol. The van der Waals surface area contributed by atoms with Crippen molar-refractivity contribution in [1.29, 1.82) is 0 Å². The summed E-state index contributed by atoms with van der Waals surface area (Å²) in [6.45, 7) is 5.39. The molecular weight excluding hydrogens is 403 g/mol. The fourth-order valence-corrected chi connectivity index (χ4v) is 7.06. The standard InChI is InChI=1S/C28H43FO3/c1-3-7-20-8-10-21(11-9-20)24-14-12-22(18-26(24)28(30)16-5-6-17-32-28)25-15-13-23(31-4-2)19-27(25)29/h13,15,19-22,24,26,30H,3-12,14,16-18H2,1-2H3. The topological polar surface area (TPSA) is 38.7 Å². The number of benzene rings is 1. The molecule has 2 saturated carbocycles. The number of rotatable bonds is 7. The Balaban J connectivity index is 1.52. The fourth-order valence-electron chi connectivity index (χ4n) is 7.06. The Morgan fingerprint density at radius 3 is 2.56 bits per heavy atom. The second-order valence-electron chi connectivity index (χ2n) is 10.6. The predicted molar refractivity (Wildman–Crippen MR) is 126 cm³/mol. The van der Waals surface area contributed by atoms with E-state index in [1.165, 1.54) is 44.6 Å². The van der Waals surface area contributed by atoms with Crippen molar-refractivity contribution in [3.05, 3.63) is 29.6 Å². The van der Waals surface area contributed by atoms with Crippen LogP contribution in [0.25, 0.3) is 0 Å². The zero-order chi connectivity index (χ0) is 22.6. The van der Waals surface area contributed by atoms with Crippen LogP contribution >= 0.6 is 0 Å². The number of aliphatic hydroxyl groups is 1. The highest BCUT2D eigenvalue weighted by Gasteiger charge is 2.49. The molecule has 3 nitrogen and oxygen atoms in total. The van der Waals surface area contributed by atoms with Crippen LogP contribution in [-0.2, 0) is 4.74 Å². The number of hydrogen-bond acceptors (Lipinski definition) is 3. The first-order valence-corrected chi connectivity index (χ1v) is 13.3. The number of hydrogen-bond donors (Lipinski definition) is 1. The maximum Gasteiger partial charge on any atom is 0.168 e. The molecule has 4 unspecified atom stereocenters. The molecule has 0 amide bonds. The smallest absolute Gasteiger partial charge is 0.168 e. The molecule has 1 heterocycles. The number of halogens is 1. The van der Waals surface area contributed by atoms with E-state index in [0.717, 1.165) is 50.0 Å². The van der Waals surface area contributed by atoms with Crippen LogP contribution in [0, 0.1) is 29.5 Å². The average Bonchev–Trinajstić information content (AvgIpc) is 2.80. The zero-order valence-electron chi connectivity index (χ0n) is 20.2. The fraction of sp³-hybridized carbons (Fsp3) is 0.786. The van der Waals surface area contributed by atoms with Crippen molar-refractivity contribution in [3.63, 3.8) is 0 Å². The van der Waals surface area contributed by atoms with Gasteiger partial charge in [-0.2, -0.15) is 0 Å². The van der Waals surface area contributed by atoms with E-state index in [0.29, 0.717) is 30.8 Å². The van der Waals surface area contributed by atoms with E-state index < -0.39 is 5.79 Å². The van der Waals surface area contributed by atoms with E-state index in [1.807, 2.05) is 19.1 Å². The van der Waals surface area contributed by atoms with Crippen molar-refractivity contribution in [1.82, 2.24) is 0 Å². The van der Waals surface area contributed by atoms with E-state index >= 15 is 4.39 Å². The molecule has 1 N–H and O–H groups in total. The summed E-state index contributed by atoms with van der Waals surface area (Å²) in [5.41, 5.74) is 0.781. The van der Waals surface area contributed by atoms with E-state index in [4.69, 9.17) is 9.47 Å². The van der Waals surface area contributed by atoms with Crippen LogP contribution in [0.4, 0.5) is 4.39 Å². The molecule has 0 spiro atoms. The summed E-state index contributed by atoms with van der Waals surface area (Å²) in [7, 11) is 0. The molecule has 4 heteroatoms.